The first kappa shape index (κ1) is 6.47. The first-order valence-electron chi connectivity index (χ1n) is 3.40. The molecule has 0 radical (unpaired) electrons. The van der Waals surface area contributed by atoms with Gasteiger partial charge in [0.25, 0.3) is 0 Å². The summed E-state index contributed by atoms with van der Waals surface area (Å²) >= 11 is 2.13. The van der Waals surface area contributed by atoms with E-state index < -0.39 is 0 Å². The third-order valence-electron chi connectivity index (χ3n) is 1.73. The summed E-state index contributed by atoms with van der Waals surface area (Å²) in [6.07, 6.45) is 2.89. The van der Waals surface area contributed by atoms with Crippen molar-refractivity contribution in [3.05, 3.63) is 0 Å². The molecule has 0 aromatic carbocycles. The van der Waals surface area contributed by atoms with Crippen molar-refractivity contribution in [2.24, 2.45) is 5.92 Å². The van der Waals surface area contributed by atoms with Gasteiger partial charge >= 0.3 is 0 Å². The lowest BCUT2D eigenvalue weighted by molar-refractivity contribution is 0.542. The molecule has 0 aromatic heterocycles. The molecule has 0 amide bonds. The van der Waals surface area contributed by atoms with Gasteiger partial charge in [-0.25, -0.2) is 0 Å². The van der Waals surface area contributed by atoms with Crippen molar-refractivity contribution in [3.8, 4) is 0 Å². The first-order chi connectivity index (χ1) is 3.79. The maximum absolute atomic E-state index is 2.35. The predicted molar refractivity (Wildman–Crippen MR) is 40.3 cm³/mol. The number of hydrogen-bond donors (Lipinski definition) is 0. The maximum atomic E-state index is 2.35. The minimum Gasteiger partial charge on any atom is -0.159 e. The van der Waals surface area contributed by atoms with E-state index in [9.17, 15) is 0 Å². The van der Waals surface area contributed by atoms with Crippen LogP contribution < -0.4 is 0 Å². The molecule has 1 fully saturated rings. The molecule has 1 heteroatoms. The molecule has 2 atom stereocenters. The van der Waals surface area contributed by atoms with E-state index in [0.29, 0.717) is 0 Å². The molecule has 1 aliphatic heterocycles. The second-order valence-electron chi connectivity index (χ2n) is 2.83. The highest BCUT2D eigenvalue weighted by molar-refractivity contribution is 7.99. The van der Waals surface area contributed by atoms with Crippen molar-refractivity contribution in [1.82, 2.24) is 0 Å². The molecule has 0 spiro atoms. The molecule has 1 saturated heterocycles. The number of thioether (sulfide) groups is 1. The minimum atomic E-state index is 0.936. The van der Waals surface area contributed by atoms with E-state index in [1.165, 1.54) is 18.6 Å². The summed E-state index contributed by atoms with van der Waals surface area (Å²) in [6.45, 7) is 4.68. The van der Waals surface area contributed by atoms with Crippen molar-refractivity contribution in [1.29, 1.82) is 0 Å². The normalized spacial score (nSPS) is 39.8. The van der Waals surface area contributed by atoms with E-state index in [4.69, 9.17) is 0 Å². The highest BCUT2D eigenvalue weighted by Gasteiger charge is 2.13. The van der Waals surface area contributed by atoms with Crippen LogP contribution in [-0.4, -0.2) is 11.0 Å². The molecule has 1 heterocycles. The molecule has 0 N–H and O–H groups in total. The van der Waals surface area contributed by atoms with Crippen molar-refractivity contribution in [3.63, 3.8) is 0 Å². The largest absolute Gasteiger partial charge is 0.159 e. The van der Waals surface area contributed by atoms with Crippen LogP contribution in [0.15, 0.2) is 0 Å². The molecule has 0 saturated carbocycles. The SMILES string of the molecule is C[C@@H]1CC[C@H](C)SC1. The fourth-order valence-electron chi connectivity index (χ4n) is 1.01. The average Bonchev–Trinajstić information content (AvgIpc) is 1.77. The van der Waals surface area contributed by atoms with Crippen LogP contribution in [0.1, 0.15) is 26.7 Å². The molecular weight excluding hydrogens is 116 g/mol. The zero-order valence-corrected chi connectivity index (χ0v) is 6.50. The predicted octanol–water partition coefficient (Wildman–Crippen LogP) is 2.54. The van der Waals surface area contributed by atoms with Crippen LogP contribution in [0.25, 0.3) is 0 Å². The van der Waals surface area contributed by atoms with Gasteiger partial charge in [-0.05, 0) is 24.5 Å². The molecule has 0 aromatic rings. The van der Waals surface area contributed by atoms with Gasteiger partial charge in [0.2, 0.25) is 0 Å². The minimum absolute atomic E-state index is 0.936. The van der Waals surface area contributed by atoms with Gasteiger partial charge in [0, 0.05) is 5.25 Å². The van der Waals surface area contributed by atoms with Gasteiger partial charge in [0.1, 0.15) is 0 Å². The summed E-state index contributed by atoms with van der Waals surface area (Å²) < 4.78 is 0. The standard InChI is InChI=1S/C7H14S/c1-6-3-4-7(2)8-5-6/h6-7H,3-5H2,1-2H3/t6-,7+/m1/s1. The topological polar surface area (TPSA) is 0 Å². The molecule has 0 unspecified atom stereocenters. The van der Waals surface area contributed by atoms with Crippen molar-refractivity contribution >= 4 is 11.8 Å². The van der Waals surface area contributed by atoms with Crippen LogP contribution in [0.4, 0.5) is 0 Å². The van der Waals surface area contributed by atoms with Crippen molar-refractivity contribution < 1.29 is 0 Å². The molecule has 1 rings (SSSR count). The summed E-state index contributed by atoms with van der Waals surface area (Å²) in [5, 5.41) is 0.936. The lowest BCUT2D eigenvalue weighted by atomic mass is 10.1. The second kappa shape index (κ2) is 2.77. The molecular formula is C7H14S. The summed E-state index contributed by atoms with van der Waals surface area (Å²) in [7, 11) is 0. The Morgan fingerprint density at radius 3 is 2.38 bits per heavy atom. The van der Waals surface area contributed by atoms with E-state index in [0.717, 1.165) is 11.2 Å². The van der Waals surface area contributed by atoms with Crippen LogP contribution in [-0.2, 0) is 0 Å². The van der Waals surface area contributed by atoms with Crippen LogP contribution in [0, 0.1) is 5.92 Å². The van der Waals surface area contributed by atoms with Gasteiger partial charge in [-0.15, -0.1) is 0 Å². The summed E-state index contributed by atoms with van der Waals surface area (Å²) in [5.41, 5.74) is 0. The van der Waals surface area contributed by atoms with Gasteiger partial charge in [-0.2, -0.15) is 11.8 Å². The lowest BCUT2D eigenvalue weighted by Crippen LogP contribution is -2.12. The first-order valence-corrected chi connectivity index (χ1v) is 4.45. The average molecular weight is 130 g/mol. The Kier molecular flexibility index (Phi) is 2.24. The van der Waals surface area contributed by atoms with E-state index >= 15 is 0 Å². The zero-order valence-electron chi connectivity index (χ0n) is 5.68. The van der Waals surface area contributed by atoms with Gasteiger partial charge in [0.05, 0.1) is 0 Å². The lowest BCUT2D eigenvalue weighted by Gasteiger charge is -2.22. The molecule has 0 aliphatic carbocycles. The van der Waals surface area contributed by atoms with Crippen molar-refractivity contribution in [2.45, 2.75) is 31.9 Å². The number of rotatable bonds is 0. The van der Waals surface area contributed by atoms with Crippen molar-refractivity contribution in [2.75, 3.05) is 5.75 Å². The van der Waals surface area contributed by atoms with Crippen LogP contribution in [0.3, 0.4) is 0 Å². The molecule has 48 valence electrons. The monoisotopic (exact) mass is 130 g/mol. The van der Waals surface area contributed by atoms with E-state index in [1.54, 1.807) is 0 Å². The second-order valence-corrected chi connectivity index (χ2v) is 4.30. The number of hydrogen-bond acceptors (Lipinski definition) is 1. The Balaban J connectivity index is 2.19. The Hall–Kier alpha value is 0.350. The summed E-state index contributed by atoms with van der Waals surface area (Å²) in [6, 6.07) is 0. The van der Waals surface area contributed by atoms with E-state index in [-0.39, 0.29) is 0 Å². The van der Waals surface area contributed by atoms with Gasteiger partial charge in [-0.1, -0.05) is 13.8 Å². The molecule has 8 heavy (non-hydrogen) atoms. The zero-order chi connectivity index (χ0) is 5.98. The Morgan fingerprint density at radius 1 is 1.25 bits per heavy atom. The Labute approximate surface area is 56.0 Å². The molecule has 1 aliphatic rings. The fourth-order valence-corrected chi connectivity index (χ4v) is 2.14. The highest BCUT2D eigenvalue weighted by atomic mass is 32.2. The third-order valence-corrected chi connectivity index (χ3v) is 3.30. The summed E-state index contributed by atoms with van der Waals surface area (Å²) in [4.78, 5) is 0. The quantitative estimate of drug-likeness (QED) is 0.485. The Bertz CT molecular complexity index is 52.8. The highest BCUT2D eigenvalue weighted by Crippen LogP contribution is 2.27. The third kappa shape index (κ3) is 1.70. The van der Waals surface area contributed by atoms with E-state index in [1.807, 2.05) is 0 Å². The van der Waals surface area contributed by atoms with Gasteiger partial charge in [0.15, 0.2) is 0 Å². The summed E-state index contributed by atoms with van der Waals surface area (Å²) in [5.74, 6) is 2.37. The van der Waals surface area contributed by atoms with Crippen LogP contribution >= 0.6 is 11.8 Å². The maximum Gasteiger partial charge on any atom is 0.00189 e. The smallest absolute Gasteiger partial charge is 0.00189 e. The fraction of sp³-hybridized carbons (Fsp3) is 1.00. The van der Waals surface area contributed by atoms with Crippen LogP contribution in [0.5, 0.6) is 0 Å². The van der Waals surface area contributed by atoms with Gasteiger partial charge in [-0.3, -0.25) is 0 Å². The Morgan fingerprint density at radius 2 is 2.00 bits per heavy atom. The van der Waals surface area contributed by atoms with E-state index in [2.05, 4.69) is 25.6 Å². The van der Waals surface area contributed by atoms with Crippen LogP contribution in [0.2, 0.25) is 0 Å². The molecule has 0 nitrogen and oxygen atoms in total. The van der Waals surface area contributed by atoms with Gasteiger partial charge < -0.3 is 0 Å². The molecule has 0 bridgehead atoms.